The van der Waals surface area contributed by atoms with Crippen molar-refractivity contribution in [3.05, 3.63) is 36.3 Å². The van der Waals surface area contributed by atoms with Crippen LogP contribution in [0.2, 0.25) is 0 Å². The van der Waals surface area contributed by atoms with Gasteiger partial charge in [0.2, 0.25) is 11.9 Å². The molecule has 2 aromatic rings. The molecule has 0 spiro atoms. The number of rotatable bonds is 4. The van der Waals surface area contributed by atoms with E-state index >= 15 is 0 Å². The maximum Gasteiger partial charge on any atom is 0.242 e. The summed E-state index contributed by atoms with van der Waals surface area (Å²) in [6.07, 6.45) is 3.85. The summed E-state index contributed by atoms with van der Waals surface area (Å²) in [4.78, 5) is 30.8. The Morgan fingerprint density at radius 1 is 0.929 bits per heavy atom. The fourth-order valence-electron chi connectivity index (χ4n) is 3.76. The molecule has 8 heteroatoms. The van der Waals surface area contributed by atoms with E-state index in [4.69, 9.17) is 4.98 Å². The second-order valence-corrected chi connectivity index (χ2v) is 7.68. The van der Waals surface area contributed by atoms with Crippen LogP contribution in [0.15, 0.2) is 30.6 Å². The number of carbonyl (C=O) groups is 1. The molecule has 4 rings (SSSR count). The predicted molar refractivity (Wildman–Crippen MR) is 110 cm³/mol. The number of piperazine rings is 2. The summed E-state index contributed by atoms with van der Waals surface area (Å²) in [6.45, 7) is 9.49. The predicted octanol–water partition coefficient (Wildman–Crippen LogP) is 0.687. The molecule has 0 saturated carbocycles. The molecule has 1 amide bonds. The van der Waals surface area contributed by atoms with Crippen LogP contribution in [0, 0.1) is 6.92 Å². The van der Waals surface area contributed by atoms with Gasteiger partial charge in [0, 0.05) is 76.5 Å². The van der Waals surface area contributed by atoms with Gasteiger partial charge in [-0.15, -0.1) is 0 Å². The minimum Gasteiger partial charge on any atom is -0.354 e. The number of aryl methyl sites for hydroxylation is 1. The molecule has 0 atom stereocenters. The molecule has 0 unspecified atom stereocenters. The number of hydrogen-bond acceptors (Lipinski definition) is 6. The van der Waals surface area contributed by atoms with Gasteiger partial charge in [0.05, 0.1) is 0 Å². The Balaban J connectivity index is 1.38. The van der Waals surface area contributed by atoms with Gasteiger partial charge in [-0.2, -0.15) is 4.98 Å². The first kappa shape index (κ1) is 18.7. The van der Waals surface area contributed by atoms with Crippen LogP contribution in [-0.4, -0.2) is 89.6 Å². The van der Waals surface area contributed by atoms with Crippen molar-refractivity contribution < 1.29 is 4.79 Å². The molecule has 8 nitrogen and oxygen atoms in total. The van der Waals surface area contributed by atoms with Gasteiger partial charge in [0.25, 0.3) is 0 Å². The molecule has 2 aromatic heterocycles. The molecule has 150 valence electrons. The maximum absolute atomic E-state index is 12.5. The van der Waals surface area contributed by atoms with Crippen molar-refractivity contribution >= 4 is 17.7 Å². The van der Waals surface area contributed by atoms with Crippen LogP contribution >= 0.6 is 0 Å². The average Bonchev–Trinajstić information content (AvgIpc) is 3.21. The van der Waals surface area contributed by atoms with Gasteiger partial charge < -0.3 is 24.2 Å². The number of hydrogen-bond donors (Lipinski definition) is 0. The molecule has 2 fully saturated rings. The molecular weight excluding hydrogens is 354 g/mol. The van der Waals surface area contributed by atoms with Crippen LogP contribution in [0.25, 0.3) is 0 Å². The molecule has 2 aliphatic rings. The van der Waals surface area contributed by atoms with Crippen molar-refractivity contribution in [2.75, 3.05) is 69.2 Å². The lowest BCUT2D eigenvalue weighted by Gasteiger charge is -2.36. The van der Waals surface area contributed by atoms with Crippen LogP contribution < -0.4 is 9.80 Å². The molecule has 2 aliphatic heterocycles. The second-order valence-electron chi connectivity index (χ2n) is 7.68. The highest BCUT2D eigenvalue weighted by Gasteiger charge is 2.24. The second kappa shape index (κ2) is 8.18. The highest BCUT2D eigenvalue weighted by atomic mass is 16.2. The number of aromatic nitrogens is 3. The van der Waals surface area contributed by atoms with E-state index in [0.29, 0.717) is 19.6 Å². The minimum absolute atomic E-state index is 0.166. The fourth-order valence-corrected chi connectivity index (χ4v) is 3.76. The third kappa shape index (κ3) is 4.27. The van der Waals surface area contributed by atoms with E-state index in [0.717, 1.165) is 56.7 Å². The summed E-state index contributed by atoms with van der Waals surface area (Å²) in [5, 5.41) is 0. The Bertz CT molecular complexity index is 791. The van der Waals surface area contributed by atoms with Gasteiger partial charge in [-0.25, -0.2) is 4.98 Å². The SMILES string of the molecule is Cc1cc(N2CCN(C)CC2)nc(N2CCN(C(=O)Cn3cccc3)CC2)n1. The van der Waals surface area contributed by atoms with E-state index < -0.39 is 0 Å². The first-order valence-electron chi connectivity index (χ1n) is 10.0. The van der Waals surface area contributed by atoms with Crippen LogP contribution in [0.3, 0.4) is 0 Å². The molecule has 0 aliphatic carbocycles. The van der Waals surface area contributed by atoms with E-state index in [-0.39, 0.29) is 5.91 Å². The molecule has 0 aromatic carbocycles. The van der Waals surface area contributed by atoms with Gasteiger partial charge in [-0.05, 0) is 26.1 Å². The molecule has 0 N–H and O–H groups in total. The topological polar surface area (TPSA) is 60.7 Å². The lowest BCUT2D eigenvalue weighted by molar-refractivity contribution is -0.132. The van der Waals surface area contributed by atoms with Crippen molar-refractivity contribution in [1.82, 2.24) is 24.3 Å². The number of likely N-dealkylation sites (N-methyl/N-ethyl adjacent to an activating group) is 1. The Morgan fingerprint density at radius 2 is 1.57 bits per heavy atom. The number of amides is 1. The van der Waals surface area contributed by atoms with Crippen molar-refractivity contribution in [1.29, 1.82) is 0 Å². The summed E-state index contributed by atoms with van der Waals surface area (Å²) in [7, 11) is 2.16. The van der Waals surface area contributed by atoms with Gasteiger partial charge in [0.1, 0.15) is 12.4 Å². The third-order valence-electron chi connectivity index (χ3n) is 5.56. The monoisotopic (exact) mass is 383 g/mol. The van der Waals surface area contributed by atoms with Crippen molar-refractivity contribution in [3.8, 4) is 0 Å². The molecule has 28 heavy (non-hydrogen) atoms. The summed E-state index contributed by atoms with van der Waals surface area (Å²) < 4.78 is 1.92. The lowest BCUT2D eigenvalue weighted by atomic mass is 10.3. The zero-order valence-electron chi connectivity index (χ0n) is 16.8. The quantitative estimate of drug-likeness (QED) is 0.774. The van der Waals surface area contributed by atoms with E-state index in [1.54, 1.807) is 0 Å². The first-order chi connectivity index (χ1) is 13.6. The van der Waals surface area contributed by atoms with Gasteiger partial charge in [-0.1, -0.05) is 0 Å². The van der Waals surface area contributed by atoms with E-state index in [1.165, 1.54) is 0 Å². The van der Waals surface area contributed by atoms with Crippen molar-refractivity contribution in [2.24, 2.45) is 0 Å². The van der Waals surface area contributed by atoms with Gasteiger partial charge >= 0.3 is 0 Å². The Labute approximate surface area is 166 Å². The van der Waals surface area contributed by atoms with Crippen LogP contribution in [0.1, 0.15) is 5.69 Å². The Hall–Kier alpha value is -2.61. The maximum atomic E-state index is 12.5. The van der Waals surface area contributed by atoms with Crippen LogP contribution in [-0.2, 0) is 11.3 Å². The van der Waals surface area contributed by atoms with Crippen molar-refractivity contribution in [3.63, 3.8) is 0 Å². The largest absolute Gasteiger partial charge is 0.354 e. The number of anilines is 2. The van der Waals surface area contributed by atoms with E-state index in [2.05, 4.69) is 32.8 Å². The highest BCUT2D eigenvalue weighted by molar-refractivity contribution is 5.76. The highest BCUT2D eigenvalue weighted by Crippen LogP contribution is 2.20. The van der Waals surface area contributed by atoms with E-state index in [9.17, 15) is 4.79 Å². The molecule has 2 saturated heterocycles. The fraction of sp³-hybridized carbons (Fsp3) is 0.550. The third-order valence-corrected chi connectivity index (χ3v) is 5.56. The normalized spacial score (nSPS) is 18.6. The summed E-state index contributed by atoms with van der Waals surface area (Å²) in [5.74, 6) is 1.97. The smallest absolute Gasteiger partial charge is 0.242 e. The Kier molecular flexibility index (Phi) is 5.47. The lowest BCUT2D eigenvalue weighted by Crippen LogP contribution is -2.50. The molecular formula is C20H29N7O. The number of carbonyl (C=O) groups excluding carboxylic acids is 1. The summed E-state index contributed by atoms with van der Waals surface area (Å²) >= 11 is 0. The van der Waals surface area contributed by atoms with Crippen LogP contribution in [0.5, 0.6) is 0 Å². The van der Waals surface area contributed by atoms with Gasteiger partial charge in [-0.3, -0.25) is 4.79 Å². The zero-order chi connectivity index (χ0) is 19.5. The zero-order valence-corrected chi connectivity index (χ0v) is 16.8. The van der Waals surface area contributed by atoms with Crippen molar-refractivity contribution in [2.45, 2.75) is 13.5 Å². The average molecular weight is 384 g/mol. The van der Waals surface area contributed by atoms with Crippen LogP contribution in [0.4, 0.5) is 11.8 Å². The molecule has 0 bridgehead atoms. The summed E-state index contributed by atoms with van der Waals surface area (Å²) in [6, 6.07) is 5.96. The minimum atomic E-state index is 0.166. The van der Waals surface area contributed by atoms with Gasteiger partial charge in [0.15, 0.2) is 0 Å². The Morgan fingerprint density at radius 3 is 2.25 bits per heavy atom. The molecule has 4 heterocycles. The first-order valence-corrected chi connectivity index (χ1v) is 10.0. The van der Waals surface area contributed by atoms with E-state index in [1.807, 2.05) is 40.9 Å². The summed E-state index contributed by atoms with van der Waals surface area (Å²) in [5.41, 5.74) is 0.991. The molecule has 0 radical (unpaired) electrons. The number of nitrogens with zero attached hydrogens (tertiary/aromatic N) is 7. The standard InChI is InChI=1S/C20H29N7O/c1-17-15-18(25-9-7-23(2)8-10-25)22-20(21-17)27-13-11-26(12-14-27)19(28)16-24-5-3-4-6-24/h3-6,15H,7-14,16H2,1-2H3.